The molecule has 0 aliphatic carbocycles. The predicted molar refractivity (Wildman–Crippen MR) is 105 cm³/mol. The highest BCUT2D eigenvalue weighted by molar-refractivity contribution is 5.64. The summed E-state index contributed by atoms with van der Waals surface area (Å²) < 4.78 is 5.49. The number of aliphatic hydroxyl groups excluding tert-OH is 1. The number of hydrogen-bond acceptors (Lipinski definition) is 7. The van der Waals surface area contributed by atoms with Crippen LogP contribution in [0.1, 0.15) is 37.4 Å². The first kappa shape index (κ1) is 18.7. The first-order valence-electron chi connectivity index (χ1n) is 9.81. The second-order valence-electron chi connectivity index (χ2n) is 7.21. The van der Waals surface area contributed by atoms with Crippen molar-refractivity contribution in [3.05, 3.63) is 48.2 Å². The maximum absolute atomic E-state index is 9.29. The van der Waals surface area contributed by atoms with Crippen LogP contribution in [0.4, 0.5) is 0 Å². The average molecular weight is 379 g/mol. The molecule has 4 rings (SSSR count). The average Bonchev–Trinajstić information content (AvgIpc) is 3.18. The monoisotopic (exact) mass is 379 g/mol. The van der Waals surface area contributed by atoms with Gasteiger partial charge in [-0.1, -0.05) is 35.8 Å². The van der Waals surface area contributed by atoms with E-state index in [4.69, 9.17) is 4.52 Å². The molecule has 1 aliphatic rings. The Morgan fingerprint density at radius 2 is 1.93 bits per heavy atom. The normalized spacial score (nSPS) is 17.7. The molecule has 28 heavy (non-hydrogen) atoms. The fourth-order valence-corrected chi connectivity index (χ4v) is 3.76. The molecule has 0 spiro atoms. The van der Waals surface area contributed by atoms with Gasteiger partial charge in [0.25, 0.3) is 0 Å². The van der Waals surface area contributed by atoms with Gasteiger partial charge in [0.2, 0.25) is 11.7 Å². The van der Waals surface area contributed by atoms with E-state index in [0.29, 0.717) is 24.3 Å². The largest absolute Gasteiger partial charge is 0.396 e. The number of aliphatic hydroxyl groups is 1. The van der Waals surface area contributed by atoms with Gasteiger partial charge in [-0.3, -0.25) is 4.90 Å². The van der Waals surface area contributed by atoms with E-state index in [1.54, 1.807) is 6.20 Å². The number of benzene rings is 1. The van der Waals surface area contributed by atoms with Gasteiger partial charge in [0.05, 0.1) is 12.2 Å². The zero-order valence-corrected chi connectivity index (χ0v) is 16.1. The van der Waals surface area contributed by atoms with Crippen LogP contribution in [-0.2, 0) is 6.54 Å². The Hall–Kier alpha value is -2.64. The van der Waals surface area contributed by atoms with E-state index < -0.39 is 0 Å². The Kier molecular flexibility index (Phi) is 5.73. The lowest BCUT2D eigenvalue weighted by Crippen LogP contribution is -2.39. The molecule has 1 aliphatic heterocycles. The summed E-state index contributed by atoms with van der Waals surface area (Å²) in [5, 5.41) is 13.4. The van der Waals surface area contributed by atoms with Crippen molar-refractivity contribution in [3.8, 4) is 22.6 Å². The minimum atomic E-state index is 0.217. The molecule has 0 unspecified atom stereocenters. The summed E-state index contributed by atoms with van der Waals surface area (Å²) in [5.41, 5.74) is 2.83. The third-order valence-electron chi connectivity index (χ3n) is 5.23. The van der Waals surface area contributed by atoms with Gasteiger partial charge in [0, 0.05) is 30.0 Å². The highest BCUT2D eigenvalue weighted by atomic mass is 16.5. The SMILES string of the molecule is Cc1nccc(-c2ccc(-c3noc(CN4CCCC[C@H]4CCO)n3)cc2)n1. The van der Waals surface area contributed by atoms with Gasteiger partial charge in [-0.25, -0.2) is 9.97 Å². The molecular formula is C21H25N5O2. The second-order valence-corrected chi connectivity index (χ2v) is 7.21. The third kappa shape index (κ3) is 4.26. The maximum atomic E-state index is 9.29. The Morgan fingerprint density at radius 1 is 1.11 bits per heavy atom. The van der Waals surface area contributed by atoms with Crippen molar-refractivity contribution >= 4 is 0 Å². The number of likely N-dealkylation sites (tertiary alicyclic amines) is 1. The van der Waals surface area contributed by atoms with Gasteiger partial charge >= 0.3 is 0 Å². The van der Waals surface area contributed by atoms with Gasteiger partial charge in [0.15, 0.2) is 0 Å². The van der Waals surface area contributed by atoms with E-state index >= 15 is 0 Å². The molecule has 0 saturated carbocycles. The van der Waals surface area contributed by atoms with Crippen molar-refractivity contribution in [1.82, 2.24) is 25.0 Å². The Bertz CT molecular complexity index is 907. The van der Waals surface area contributed by atoms with E-state index in [1.165, 1.54) is 12.8 Å². The molecule has 0 radical (unpaired) electrons. The summed E-state index contributed by atoms with van der Waals surface area (Å²) in [6, 6.07) is 10.3. The lowest BCUT2D eigenvalue weighted by atomic mass is 10.00. The molecule has 3 heterocycles. The molecular weight excluding hydrogens is 354 g/mol. The summed E-state index contributed by atoms with van der Waals surface area (Å²) in [6.45, 7) is 3.74. The molecule has 0 bridgehead atoms. The number of nitrogens with zero attached hydrogens (tertiary/aromatic N) is 5. The predicted octanol–water partition coefficient (Wildman–Crippen LogP) is 3.24. The molecule has 7 nitrogen and oxygen atoms in total. The molecule has 0 amide bonds. The molecule has 1 saturated heterocycles. The first-order chi connectivity index (χ1) is 13.7. The van der Waals surface area contributed by atoms with Crippen LogP contribution in [0.25, 0.3) is 22.6 Å². The van der Waals surface area contributed by atoms with Crippen LogP contribution < -0.4 is 0 Å². The zero-order valence-electron chi connectivity index (χ0n) is 16.1. The minimum absolute atomic E-state index is 0.217. The molecule has 1 fully saturated rings. The number of aryl methyl sites for hydroxylation is 1. The molecule has 1 N–H and O–H groups in total. The van der Waals surface area contributed by atoms with Crippen LogP contribution >= 0.6 is 0 Å². The number of rotatable bonds is 6. The fourth-order valence-electron chi connectivity index (χ4n) is 3.76. The van der Waals surface area contributed by atoms with Crippen molar-refractivity contribution in [2.24, 2.45) is 0 Å². The van der Waals surface area contributed by atoms with Crippen LogP contribution in [0.2, 0.25) is 0 Å². The van der Waals surface area contributed by atoms with E-state index in [0.717, 1.165) is 42.0 Å². The topological polar surface area (TPSA) is 88.2 Å². The lowest BCUT2D eigenvalue weighted by molar-refractivity contribution is 0.100. The molecule has 146 valence electrons. The number of aromatic nitrogens is 4. The van der Waals surface area contributed by atoms with E-state index in [2.05, 4.69) is 25.0 Å². The Balaban J connectivity index is 1.46. The van der Waals surface area contributed by atoms with Crippen molar-refractivity contribution in [1.29, 1.82) is 0 Å². The summed E-state index contributed by atoms with van der Waals surface area (Å²) in [4.78, 5) is 15.5. The third-order valence-corrected chi connectivity index (χ3v) is 5.23. The number of hydrogen-bond donors (Lipinski definition) is 1. The highest BCUT2D eigenvalue weighted by Crippen LogP contribution is 2.24. The van der Waals surface area contributed by atoms with Crippen LogP contribution in [0.15, 0.2) is 41.1 Å². The number of piperidine rings is 1. The van der Waals surface area contributed by atoms with Crippen molar-refractivity contribution < 1.29 is 9.63 Å². The lowest BCUT2D eigenvalue weighted by Gasteiger charge is -2.34. The van der Waals surface area contributed by atoms with Crippen molar-refractivity contribution in [2.45, 2.75) is 45.2 Å². The maximum Gasteiger partial charge on any atom is 0.241 e. The van der Waals surface area contributed by atoms with Gasteiger partial charge in [0.1, 0.15) is 5.82 Å². The summed E-state index contributed by atoms with van der Waals surface area (Å²) in [5.74, 6) is 1.97. The zero-order chi connectivity index (χ0) is 19.3. The van der Waals surface area contributed by atoms with Gasteiger partial charge < -0.3 is 9.63 Å². The smallest absolute Gasteiger partial charge is 0.241 e. The van der Waals surface area contributed by atoms with Gasteiger partial charge in [-0.15, -0.1) is 0 Å². The molecule has 3 aromatic rings. The fraction of sp³-hybridized carbons (Fsp3) is 0.429. The molecule has 1 aromatic carbocycles. The molecule has 7 heteroatoms. The van der Waals surface area contributed by atoms with E-state index in [9.17, 15) is 5.11 Å². The summed E-state index contributed by atoms with van der Waals surface area (Å²) >= 11 is 0. The van der Waals surface area contributed by atoms with Crippen LogP contribution in [0, 0.1) is 6.92 Å². The standard InChI is InChI=1S/C21H25N5O2/c1-15-22-11-9-19(23-15)16-5-7-17(8-6-16)21-24-20(28-25-21)14-26-12-3-2-4-18(26)10-13-27/h5-9,11,18,27H,2-4,10,12-14H2,1H3/t18-/m0/s1. The minimum Gasteiger partial charge on any atom is -0.396 e. The molecule has 2 aromatic heterocycles. The van der Waals surface area contributed by atoms with E-state index in [-0.39, 0.29) is 6.61 Å². The van der Waals surface area contributed by atoms with Crippen LogP contribution in [-0.4, -0.2) is 49.3 Å². The van der Waals surface area contributed by atoms with Crippen molar-refractivity contribution in [3.63, 3.8) is 0 Å². The first-order valence-corrected chi connectivity index (χ1v) is 9.81. The van der Waals surface area contributed by atoms with Crippen LogP contribution in [0.3, 0.4) is 0 Å². The second kappa shape index (κ2) is 8.58. The molecule has 1 atom stereocenters. The van der Waals surface area contributed by atoms with Gasteiger partial charge in [-0.05, 0) is 38.8 Å². The van der Waals surface area contributed by atoms with Crippen molar-refractivity contribution in [2.75, 3.05) is 13.2 Å². The highest BCUT2D eigenvalue weighted by Gasteiger charge is 2.24. The van der Waals surface area contributed by atoms with Gasteiger partial charge in [-0.2, -0.15) is 4.98 Å². The van der Waals surface area contributed by atoms with Crippen LogP contribution in [0.5, 0.6) is 0 Å². The summed E-state index contributed by atoms with van der Waals surface area (Å²) in [7, 11) is 0. The summed E-state index contributed by atoms with van der Waals surface area (Å²) in [6.07, 6.45) is 6.07. The quantitative estimate of drug-likeness (QED) is 0.703. The Morgan fingerprint density at radius 3 is 2.71 bits per heavy atom. The Labute approximate surface area is 164 Å². The van der Waals surface area contributed by atoms with E-state index in [1.807, 2.05) is 37.3 Å².